The molecule has 1 aliphatic heterocycles. The second-order valence-corrected chi connectivity index (χ2v) is 9.32. The van der Waals surface area contributed by atoms with Crippen molar-refractivity contribution in [1.29, 1.82) is 0 Å². The number of likely N-dealkylation sites (tertiary alicyclic amines) is 1. The van der Waals surface area contributed by atoms with Crippen LogP contribution < -0.4 is 11.1 Å². The first-order valence-electron chi connectivity index (χ1n) is 9.56. The number of carbonyl (C=O) groups excluding carboxylic acids is 1. The van der Waals surface area contributed by atoms with Gasteiger partial charge in [0.2, 0.25) is 5.91 Å². The van der Waals surface area contributed by atoms with Crippen molar-refractivity contribution in [3.8, 4) is 0 Å². The predicted molar refractivity (Wildman–Crippen MR) is 108 cm³/mol. The number of fused-ring (bicyclic) bond motifs is 2. The van der Waals surface area contributed by atoms with Crippen LogP contribution in [0.2, 0.25) is 0 Å². The Bertz CT molecular complexity index is 448. The Morgan fingerprint density at radius 3 is 2.16 bits per heavy atom. The lowest BCUT2D eigenvalue weighted by atomic mass is 9.84. The molecule has 3 aliphatic rings. The highest BCUT2D eigenvalue weighted by Gasteiger charge is 2.49. The molecule has 0 spiro atoms. The van der Waals surface area contributed by atoms with Gasteiger partial charge in [0.25, 0.3) is 0 Å². The Kier molecular flexibility index (Phi) is 8.07. The van der Waals surface area contributed by atoms with Crippen molar-refractivity contribution in [2.45, 2.75) is 65.0 Å². The van der Waals surface area contributed by atoms with Gasteiger partial charge in [-0.2, -0.15) is 0 Å². The molecule has 148 valence electrons. The highest BCUT2D eigenvalue weighted by atomic mass is 35.5. The highest BCUT2D eigenvalue weighted by Crippen LogP contribution is 2.47. The molecule has 0 aromatic heterocycles. The van der Waals surface area contributed by atoms with Crippen LogP contribution in [0, 0.1) is 29.6 Å². The molecule has 1 saturated heterocycles. The summed E-state index contributed by atoms with van der Waals surface area (Å²) in [6.45, 7) is 12.2. The zero-order chi connectivity index (χ0) is 16.8. The molecular formula is C19H37Cl2N3O. The summed E-state index contributed by atoms with van der Waals surface area (Å²) >= 11 is 0. The van der Waals surface area contributed by atoms with Crippen molar-refractivity contribution in [3.05, 3.63) is 0 Å². The largest absolute Gasteiger partial charge is 0.354 e. The SMILES string of the molecule is CC1CC(C)CN(C(C)(C)CNC(=O)C2C3CCC(C3)C2N)C1.Cl.Cl. The van der Waals surface area contributed by atoms with Crippen molar-refractivity contribution < 1.29 is 4.79 Å². The average Bonchev–Trinajstić information content (AvgIpc) is 3.04. The molecule has 6 atom stereocenters. The van der Waals surface area contributed by atoms with E-state index in [9.17, 15) is 4.79 Å². The molecule has 4 nitrogen and oxygen atoms in total. The number of hydrogen-bond donors (Lipinski definition) is 2. The Balaban J connectivity index is 0.00000156. The van der Waals surface area contributed by atoms with Crippen LogP contribution in [0.15, 0.2) is 0 Å². The molecule has 6 heteroatoms. The Hall–Kier alpha value is -0.0300. The lowest BCUT2D eigenvalue weighted by molar-refractivity contribution is -0.127. The fourth-order valence-corrected chi connectivity index (χ4v) is 5.42. The number of nitrogens with one attached hydrogen (secondary N) is 1. The summed E-state index contributed by atoms with van der Waals surface area (Å²) in [5.41, 5.74) is 6.33. The third-order valence-electron chi connectivity index (χ3n) is 6.70. The Labute approximate surface area is 165 Å². The fraction of sp³-hybridized carbons (Fsp3) is 0.947. The summed E-state index contributed by atoms with van der Waals surface area (Å²) < 4.78 is 0. The van der Waals surface area contributed by atoms with Crippen molar-refractivity contribution in [2.24, 2.45) is 35.3 Å². The minimum atomic E-state index is 0. The topological polar surface area (TPSA) is 58.4 Å². The molecule has 25 heavy (non-hydrogen) atoms. The van der Waals surface area contributed by atoms with E-state index in [2.05, 4.69) is 37.9 Å². The number of rotatable bonds is 4. The van der Waals surface area contributed by atoms with Gasteiger partial charge in [-0.1, -0.05) is 13.8 Å². The third kappa shape index (κ3) is 4.82. The summed E-state index contributed by atoms with van der Waals surface area (Å²) in [5, 5.41) is 3.25. The number of nitrogens with zero attached hydrogens (tertiary/aromatic N) is 1. The van der Waals surface area contributed by atoms with E-state index in [1.54, 1.807) is 0 Å². The van der Waals surface area contributed by atoms with Crippen LogP contribution in [0.5, 0.6) is 0 Å². The Morgan fingerprint density at radius 1 is 1.08 bits per heavy atom. The van der Waals surface area contributed by atoms with Gasteiger partial charge in [0.05, 0.1) is 5.92 Å². The lowest BCUT2D eigenvalue weighted by Gasteiger charge is -2.45. The van der Waals surface area contributed by atoms with Gasteiger partial charge >= 0.3 is 0 Å². The molecule has 3 N–H and O–H groups in total. The van der Waals surface area contributed by atoms with Gasteiger partial charge in [0, 0.05) is 31.2 Å². The van der Waals surface area contributed by atoms with Crippen molar-refractivity contribution in [1.82, 2.24) is 10.2 Å². The van der Waals surface area contributed by atoms with E-state index in [1.165, 1.54) is 25.7 Å². The van der Waals surface area contributed by atoms with E-state index in [0.717, 1.165) is 31.5 Å². The first kappa shape index (κ1) is 23.0. The van der Waals surface area contributed by atoms with Crippen LogP contribution in [-0.4, -0.2) is 42.0 Å². The van der Waals surface area contributed by atoms with Crippen molar-refractivity contribution in [2.75, 3.05) is 19.6 Å². The summed E-state index contributed by atoms with van der Waals surface area (Å²) in [7, 11) is 0. The maximum Gasteiger partial charge on any atom is 0.225 e. The summed E-state index contributed by atoms with van der Waals surface area (Å²) in [4.78, 5) is 15.3. The number of hydrogen-bond acceptors (Lipinski definition) is 3. The molecule has 0 radical (unpaired) electrons. The van der Waals surface area contributed by atoms with Crippen LogP contribution in [-0.2, 0) is 4.79 Å². The lowest BCUT2D eigenvalue weighted by Crippen LogP contribution is -2.57. The van der Waals surface area contributed by atoms with Crippen LogP contribution in [0.25, 0.3) is 0 Å². The zero-order valence-electron chi connectivity index (χ0n) is 16.2. The monoisotopic (exact) mass is 393 g/mol. The Morgan fingerprint density at radius 2 is 1.64 bits per heavy atom. The molecular weight excluding hydrogens is 357 g/mol. The molecule has 2 saturated carbocycles. The summed E-state index contributed by atoms with van der Waals surface area (Å²) in [5.74, 6) is 2.88. The van der Waals surface area contributed by atoms with E-state index in [4.69, 9.17) is 5.73 Å². The van der Waals surface area contributed by atoms with E-state index in [1.807, 2.05) is 0 Å². The number of carbonyl (C=O) groups is 1. The fourth-order valence-electron chi connectivity index (χ4n) is 5.42. The van der Waals surface area contributed by atoms with Crippen LogP contribution in [0.4, 0.5) is 0 Å². The van der Waals surface area contributed by atoms with Gasteiger partial charge in [-0.15, -0.1) is 24.8 Å². The maximum atomic E-state index is 12.7. The van der Waals surface area contributed by atoms with E-state index in [0.29, 0.717) is 11.8 Å². The number of halogens is 2. The van der Waals surface area contributed by atoms with Crippen molar-refractivity contribution >= 4 is 30.7 Å². The first-order valence-corrected chi connectivity index (χ1v) is 9.56. The van der Waals surface area contributed by atoms with Gasteiger partial charge in [-0.3, -0.25) is 9.69 Å². The second-order valence-electron chi connectivity index (χ2n) is 9.32. The number of amides is 1. The smallest absolute Gasteiger partial charge is 0.225 e. The molecule has 0 aromatic rings. The molecule has 1 heterocycles. The summed E-state index contributed by atoms with van der Waals surface area (Å²) in [6, 6.07) is 0.0897. The van der Waals surface area contributed by atoms with E-state index >= 15 is 0 Å². The number of nitrogens with two attached hydrogens (primary N) is 1. The quantitative estimate of drug-likeness (QED) is 0.771. The van der Waals surface area contributed by atoms with Gasteiger partial charge < -0.3 is 11.1 Å². The number of piperidine rings is 1. The molecule has 6 unspecified atom stereocenters. The van der Waals surface area contributed by atoms with Gasteiger partial charge in [-0.05, 0) is 63.2 Å². The van der Waals surface area contributed by atoms with Crippen LogP contribution in [0.1, 0.15) is 53.4 Å². The molecule has 0 aromatic carbocycles. The first-order chi connectivity index (χ1) is 10.8. The van der Waals surface area contributed by atoms with Crippen LogP contribution >= 0.6 is 24.8 Å². The molecule has 2 bridgehead atoms. The molecule has 1 amide bonds. The van der Waals surface area contributed by atoms with Crippen LogP contribution in [0.3, 0.4) is 0 Å². The normalized spacial score (nSPS) is 38.0. The van der Waals surface area contributed by atoms with Gasteiger partial charge in [0.15, 0.2) is 0 Å². The standard InChI is InChI=1S/C19H35N3O.2ClH/c1-12-7-13(2)10-22(9-12)19(3,4)11-21-18(23)16-14-5-6-15(8-14)17(16)20;;/h12-17H,5-11,20H2,1-4H3,(H,21,23);2*1H. The molecule has 3 fully saturated rings. The maximum absolute atomic E-state index is 12.7. The van der Waals surface area contributed by atoms with Gasteiger partial charge in [-0.25, -0.2) is 0 Å². The summed E-state index contributed by atoms with van der Waals surface area (Å²) in [6.07, 6.45) is 4.91. The minimum Gasteiger partial charge on any atom is -0.354 e. The van der Waals surface area contributed by atoms with Gasteiger partial charge in [0.1, 0.15) is 0 Å². The predicted octanol–water partition coefficient (Wildman–Crippen LogP) is 3.08. The highest BCUT2D eigenvalue weighted by molar-refractivity contribution is 5.85. The minimum absolute atomic E-state index is 0. The third-order valence-corrected chi connectivity index (χ3v) is 6.70. The van der Waals surface area contributed by atoms with E-state index in [-0.39, 0.29) is 48.2 Å². The van der Waals surface area contributed by atoms with E-state index < -0.39 is 0 Å². The zero-order valence-corrected chi connectivity index (χ0v) is 17.8. The molecule has 3 rings (SSSR count). The molecule has 2 aliphatic carbocycles. The van der Waals surface area contributed by atoms with Crippen molar-refractivity contribution in [3.63, 3.8) is 0 Å². The average molecular weight is 394 g/mol. The second kappa shape index (κ2) is 8.77.